The molecule has 5 rings (SSSR count). The number of anilines is 1. The summed E-state index contributed by atoms with van der Waals surface area (Å²) in [6.45, 7) is 1.96. The van der Waals surface area contributed by atoms with Crippen LogP contribution in [-0.2, 0) is 32.0 Å². The van der Waals surface area contributed by atoms with E-state index in [0.717, 1.165) is 12.8 Å². The smallest absolute Gasteiger partial charge is 0.255 e. The molecule has 0 bridgehead atoms. The number of aliphatic hydroxyl groups is 3. The minimum absolute atomic E-state index is 0.0467. The molecule has 0 aromatic heterocycles. The number of amides is 2. The zero-order chi connectivity index (χ0) is 27.8. The van der Waals surface area contributed by atoms with Gasteiger partial charge in [0.1, 0.15) is 22.9 Å². The lowest BCUT2D eigenvalue weighted by Gasteiger charge is -2.48. The van der Waals surface area contributed by atoms with Gasteiger partial charge in [-0.25, -0.2) is 4.39 Å². The molecule has 38 heavy (non-hydrogen) atoms. The standard InChI is InChI=1S/C26H28FN3O8/c1-2-3-4-8-5-11-16(27)10-6-9-7-12-17(28)20(32)15(24(29)36)23(35)26(12,38)22(34)13(9)19(31)14(10)21(33)18(11)30-25(8)37/h8-9,12,17,31,33,35,38H,2-7,28H2,1H3,(H2,29,36)(H,30,37)/t8?,9-,12-,17-,26-/m0/s1. The second-order valence-electron chi connectivity index (χ2n) is 10.5. The molecule has 2 amide bonds. The van der Waals surface area contributed by atoms with E-state index in [4.69, 9.17) is 11.5 Å². The van der Waals surface area contributed by atoms with Gasteiger partial charge in [0.15, 0.2) is 17.1 Å². The van der Waals surface area contributed by atoms with Gasteiger partial charge < -0.3 is 37.2 Å². The van der Waals surface area contributed by atoms with Crippen LogP contribution in [0, 0.1) is 23.6 Å². The number of benzene rings is 1. The highest BCUT2D eigenvalue weighted by Gasteiger charge is 2.63. The Hall–Kier alpha value is -3.77. The van der Waals surface area contributed by atoms with Crippen LogP contribution in [0.15, 0.2) is 16.9 Å². The highest BCUT2D eigenvalue weighted by molar-refractivity contribution is 6.24. The average molecular weight is 530 g/mol. The predicted octanol–water partition coefficient (Wildman–Crippen LogP) is 0.801. The van der Waals surface area contributed by atoms with Gasteiger partial charge in [0, 0.05) is 28.5 Å². The van der Waals surface area contributed by atoms with E-state index in [2.05, 4.69) is 5.32 Å². The number of Topliss-reactive ketones (excluding diaryl/α,β-unsaturated/α-hetero) is 2. The number of aliphatic hydroxyl groups excluding tert-OH is 2. The molecule has 5 atom stereocenters. The van der Waals surface area contributed by atoms with Crippen molar-refractivity contribution < 1.29 is 44.0 Å². The van der Waals surface area contributed by atoms with Crippen molar-refractivity contribution in [2.24, 2.45) is 29.2 Å². The average Bonchev–Trinajstić information content (AvgIpc) is 2.86. The van der Waals surface area contributed by atoms with Gasteiger partial charge in [0.2, 0.25) is 11.7 Å². The Balaban J connectivity index is 1.67. The molecular weight excluding hydrogens is 501 g/mol. The molecule has 0 radical (unpaired) electrons. The number of halogens is 1. The number of ketones is 2. The highest BCUT2D eigenvalue weighted by Crippen LogP contribution is 2.54. The van der Waals surface area contributed by atoms with Gasteiger partial charge in [-0.2, -0.15) is 0 Å². The fraction of sp³-hybridized carbons (Fsp3) is 0.462. The fourth-order valence-electron chi connectivity index (χ4n) is 6.44. The molecule has 12 heteroatoms. The number of hydrogen-bond acceptors (Lipinski definition) is 9. The quantitative estimate of drug-likeness (QED) is 0.217. The lowest BCUT2D eigenvalue weighted by atomic mass is 9.58. The Morgan fingerprint density at radius 3 is 2.47 bits per heavy atom. The number of phenols is 1. The van der Waals surface area contributed by atoms with Crippen molar-refractivity contribution in [3.05, 3.63) is 39.4 Å². The van der Waals surface area contributed by atoms with Crippen LogP contribution >= 0.6 is 0 Å². The summed E-state index contributed by atoms with van der Waals surface area (Å²) in [5.74, 6) is -10.4. The minimum atomic E-state index is -2.85. The SMILES string of the molecule is CCCCC1Cc2c(F)c3c(c(O)c2NC1=O)C(O)=C1C(=O)[C@]2(O)C(O)=C(C(N)=O)C(=O)[C@@H](N)[C@@H]2C[C@@H]1C3. The third-order valence-corrected chi connectivity index (χ3v) is 8.43. The van der Waals surface area contributed by atoms with Crippen LogP contribution in [0.4, 0.5) is 10.1 Å². The fourth-order valence-corrected chi connectivity index (χ4v) is 6.44. The van der Waals surface area contributed by atoms with E-state index in [0.29, 0.717) is 6.42 Å². The molecule has 3 aliphatic carbocycles. The van der Waals surface area contributed by atoms with Crippen molar-refractivity contribution in [1.29, 1.82) is 0 Å². The number of hydrogen-bond donors (Lipinski definition) is 7. The van der Waals surface area contributed by atoms with Crippen LogP contribution < -0.4 is 16.8 Å². The van der Waals surface area contributed by atoms with Crippen LogP contribution in [0.3, 0.4) is 0 Å². The summed E-state index contributed by atoms with van der Waals surface area (Å²) >= 11 is 0. The monoisotopic (exact) mass is 529 g/mol. The number of unbranched alkanes of at least 4 members (excludes halogenated alkanes) is 1. The summed E-state index contributed by atoms with van der Waals surface area (Å²) in [6.07, 6.45) is 1.76. The number of carbonyl (C=O) groups is 4. The summed E-state index contributed by atoms with van der Waals surface area (Å²) in [5.41, 5.74) is 6.28. The summed E-state index contributed by atoms with van der Waals surface area (Å²) < 4.78 is 15.9. The molecule has 1 fully saturated rings. The molecule has 1 aromatic carbocycles. The molecule has 11 nitrogen and oxygen atoms in total. The molecule has 1 aromatic rings. The Labute approximate surface area is 216 Å². The van der Waals surface area contributed by atoms with E-state index < -0.39 is 92.6 Å². The van der Waals surface area contributed by atoms with Crippen LogP contribution in [0.1, 0.15) is 49.3 Å². The molecule has 1 aliphatic heterocycles. The molecule has 202 valence electrons. The number of nitrogens with one attached hydrogen (secondary N) is 1. The normalized spacial score (nSPS) is 30.4. The summed E-state index contributed by atoms with van der Waals surface area (Å²) in [6, 6.07) is -1.58. The van der Waals surface area contributed by atoms with Crippen molar-refractivity contribution >= 4 is 34.8 Å². The highest BCUT2D eigenvalue weighted by atomic mass is 19.1. The van der Waals surface area contributed by atoms with E-state index in [1.54, 1.807) is 0 Å². The summed E-state index contributed by atoms with van der Waals surface area (Å²) in [5, 5.41) is 46.8. The molecule has 9 N–H and O–H groups in total. The molecular formula is C26H28FN3O8. The maximum atomic E-state index is 15.9. The van der Waals surface area contributed by atoms with Crippen LogP contribution in [0.25, 0.3) is 5.76 Å². The van der Waals surface area contributed by atoms with Gasteiger partial charge >= 0.3 is 0 Å². The van der Waals surface area contributed by atoms with Crippen molar-refractivity contribution in [3.8, 4) is 5.75 Å². The minimum Gasteiger partial charge on any atom is -0.508 e. The van der Waals surface area contributed by atoms with E-state index in [1.165, 1.54) is 0 Å². The van der Waals surface area contributed by atoms with E-state index >= 15 is 4.39 Å². The first kappa shape index (κ1) is 25.9. The second-order valence-corrected chi connectivity index (χ2v) is 10.5. The molecule has 0 saturated heterocycles. The second kappa shape index (κ2) is 8.63. The summed E-state index contributed by atoms with van der Waals surface area (Å²) in [7, 11) is 0. The zero-order valence-electron chi connectivity index (χ0n) is 20.5. The Morgan fingerprint density at radius 1 is 1.16 bits per heavy atom. The lowest BCUT2D eigenvalue weighted by Crippen LogP contribution is -2.65. The molecule has 1 heterocycles. The Kier molecular flexibility index (Phi) is 5.88. The maximum Gasteiger partial charge on any atom is 0.255 e. The van der Waals surface area contributed by atoms with E-state index in [1.807, 2.05) is 6.92 Å². The van der Waals surface area contributed by atoms with Gasteiger partial charge in [-0.1, -0.05) is 19.8 Å². The van der Waals surface area contributed by atoms with Crippen molar-refractivity contribution in [2.45, 2.75) is 57.1 Å². The molecule has 4 aliphatic rings. The van der Waals surface area contributed by atoms with E-state index in [9.17, 15) is 39.6 Å². The van der Waals surface area contributed by atoms with Gasteiger partial charge in [0.05, 0.1) is 17.3 Å². The van der Waals surface area contributed by atoms with Crippen molar-refractivity contribution in [2.75, 3.05) is 5.32 Å². The first-order valence-electron chi connectivity index (χ1n) is 12.5. The number of carbonyl (C=O) groups excluding carboxylic acids is 4. The Bertz CT molecular complexity index is 1400. The summed E-state index contributed by atoms with van der Waals surface area (Å²) in [4.78, 5) is 50.7. The molecule has 0 spiro atoms. The van der Waals surface area contributed by atoms with Crippen LogP contribution in [0.5, 0.6) is 5.75 Å². The molecule has 1 unspecified atom stereocenters. The molecule has 1 saturated carbocycles. The van der Waals surface area contributed by atoms with Gasteiger partial charge in [-0.15, -0.1) is 0 Å². The van der Waals surface area contributed by atoms with E-state index in [-0.39, 0.29) is 36.1 Å². The lowest BCUT2D eigenvalue weighted by molar-refractivity contribution is -0.149. The van der Waals surface area contributed by atoms with Gasteiger partial charge in [-0.05, 0) is 31.6 Å². The number of aromatic hydroxyl groups is 1. The first-order valence-corrected chi connectivity index (χ1v) is 12.5. The third-order valence-electron chi connectivity index (χ3n) is 8.43. The number of primary amides is 1. The number of rotatable bonds is 4. The zero-order valence-corrected chi connectivity index (χ0v) is 20.5. The topological polar surface area (TPSA) is 213 Å². The van der Waals surface area contributed by atoms with Gasteiger partial charge in [0.25, 0.3) is 5.91 Å². The first-order chi connectivity index (χ1) is 17.9. The number of fused-ring (bicyclic) bond motifs is 4. The third kappa shape index (κ3) is 3.26. The Morgan fingerprint density at radius 2 is 1.84 bits per heavy atom. The van der Waals surface area contributed by atoms with Crippen LogP contribution in [-0.4, -0.2) is 55.4 Å². The van der Waals surface area contributed by atoms with Gasteiger partial charge in [-0.3, -0.25) is 19.2 Å². The number of nitrogens with two attached hydrogens (primary N) is 2. The maximum absolute atomic E-state index is 15.9. The largest absolute Gasteiger partial charge is 0.508 e. The number of phenolic OH excluding ortho intramolecular Hbond substituents is 1. The van der Waals surface area contributed by atoms with Crippen molar-refractivity contribution in [3.63, 3.8) is 0 Å². The van der Waals surface area contributed by atoms with Crippen molar-refractivity contribution in [1.82, 2.24) is 0 Å². The predicted molar refractivity (Wildman–Crippen MR) is 130 cm³/mol. The van der Waals surface area contributed by atoms with Crippen LogP contribution in [0.2, 0.25) is 0 Å².